The Morgan fingerprint density at radius 2 is 1.77 bits per heavy atom. The number of aromatic nitrogens is 2. The number of aryl methyl sites for hydroxylation is 1. The number of piperazine rings is 1. The molecule has 0 spiro atoms. The Bertz CT molecular complexity index is 1170. The summed E-state index contributed by atoms with van der Waals surface area (Å²) in [5, 5.41) is 10.7. The van der Waals surface area contributed by atoms with Gasteiger partial charge in [0.1, 0.15) is 6.04 Å². The molecule has 1 aliphatic rings. The summed E-state index contributed by atoms with van der Waals surface area (Å²) in [5.74, 6) is -0.252. The Morgan fingerprint density at radius 1 is 1.09 bits per heavy atom. The SMILES string of the molecule is CCN(CC)c1ccc(NC(=O)CN2CCNC(=O)C2c2c(C)nn(-c3ccccc3)c2C)cc1. The highest BCUT2D eigenvalue weighted by Gasteiger charge is 2.36. The molecule has 0 aliphatic carbocycles. The molecule has 0 bridgehead atoms. The van der Waals surface area contributed by atoms with Crippen molar-refractivity contribution in [3.63, 3.8) is 0 Å². The zero-order valence-electron chi connectivity index (χ0n) is 20.9. The third-order valence-electron chi connectivity index (χ3n) is 6.56. The number of carbonyl (C=O) groups is 2. The predicted octanol–water partition coefficient (Wildman–Crippen LogP) is 3.45. The molecule has 184 valence electrons. The summed E-state index contributed by atoms with van der Waals surface area (Å²) in [6, 6.07) is 17.2. The quantitative estimate of drug-likeness (QED) is 0.523. The van der Waals surface area contributed by atoms with Crippen molar-refractivity contribution in [2.75, 3.05) is 42.9 Å². The molecule has 0 saturated carbocycles. The Kier molecular flexibility index (Phi) is 7.51. The van der Waals surface area contributed by atoms with Crippen LogP contribution < -0.4 is 15.5 Å². The molecule has 1 atom stereocenters. The van der Waals surface area contributed by atoms with Crippen LogP contribution in [0.25, 0.3) is 5.69 Å². The smallest absolute Gasteiger partial charge is 0.242 e. The highest BCUT2D eigenvalue weighted by Crippen LogP contribution is 2.30. The van der Waals surface area contributed by atoms with Crippen LogP contribution in [0.1, 0.15) is 36.8 Å². The van der Waals surface area contributed by atoms with Crippen LogP contribution in [0, 0.1) is 13.8 Å². The first-order valence-corrected chi connectivity index (χ1v) is 12.2. The summed E-state index contributed by atoms with van der Waals surface area (Å²) < 4.78 is 1.86. The highest BCUT2D eigenvalue weighted by atomic mass is 16.2. The average molecular weight is 475 g/mol. The molecule has 1 unspecified atom stereocenters. The molecule has 3 aromatic rings. The molecule has 8 nitrogen and oxygen atoms in total. The minimum atomic E-state index is -0.572. The van der Waals surface area contributed by atoms with E-state index in [0.717, 1.165) is 47.1 Å². The van der Waals surface area contributed by atoms with Crippen LogP contribution in [0.5, 0.6) is 0 Å². The van der Waals surface area contributed by atoms with Crippen molar-refractivity contribution in [1.29, 1.82) is 0 Å². The fraction of sp³-hybridized carbons (Fsp3) is 0.370. The van der Waals surface area contributed by atoms with E-state index in [1.807, 2.05) is 78.0 Å². The van der Waals surface area contributed by atoms with Crippen molar-refractivity contribution in [1.82, 2.24) is 20.0 Å². The van der Waals surface area contributed by atoms with Crippen LogP contribution in [-0.2, 0) is 9.59 Å². The summed E-state index contributed by atoms with van der Waals surface area (Å²) in [6.07, 6.45) is 0. The number of benzene rings is 2. The van der Waals surface area contributed by atoms with Gasteiger partial charge in [-0.3, -0.25) is 14.5 Å². The minimum Gasteiger partial charge on any atom is -0.372 e. The van der Waals surface area contributed by atoms with Crippen LogP contribution in [0.2, 0.25) is 0 Å². The van der Waals surface area contributed by atoms with Crippen LogP contribution in [0.4, 0.5) is 11.4 Å². The molecule has 2 aromatic carbocycles. The van der Waals surface area contributed by atoms with Crippen molar-refractivity contribution in [2.45, 2.75) is 33.7 Å². The van der Waals surface area contributed by atoms with Gasteiger partial charge in [-0.05, 0) is 64.1 Å². The van der Waals surface area contributed by atoms with Gasteiger partial charge in [0.15, 0.2) is 0 Å². The predicted molar refractivity (Wildman–Crippen MR) is 139 cm³/mol. The Morgan fingerprint density at radius 3 is 2.43 bits per heavy atom. The van der Waals surface area contributed by atoms with Crippen LogP contribution in [0.15, 0.2) is 54.6 Å². The van der Waals surface area contributed by atoms with E-state index in [-0.39, 0.29) is 18.4 Å². The maximum absolute atomic E-state index is 13.0. The van der Waals surface area contributed by atoms with E-state index in [1.165, 1.54) is 0 Å². The van der Waals surface area contributed by atoms with Gasteiger partial charge in [-0.25, -0.2) is 4.68 Å². The largest absolute Gasteiger partial charge is 0.372 e. The molecular weight excluding hydrogens is 440 g/mol. The molecule has 1 saturated heterocycles. The first kappa shape index (κ1) is 24.5. The number of nitrogens with one attached hydrogen (secondary N) is 2. The molecule has 4 rings (SSSR count). The first-order valence-electron chi connectivity index (χ1n) is 12.2. The van der Waals surface area contributed by atoms with Crippen LogP contribution >= 0.6 is 0 Å². The van der Waals surface area contributed by atoms with Crippen molar-refractivity contribution < 1.29 is 9.59 Å². The lowest BCUT2D eigenvalue weighted by Gasteiger charge is -2.34. The molecule has 1 aromatic heterocycles. The number of hydrogen-bond acceptors (Lipinski definition) is 5. The topological polar surface area (TPSA) is 82.5 Å². The van der Waals surface area contributed by atoms with Gasteiger partial charge in [-0.1, -0.05) is 18.2 Å². The molecule has 1 fully saturated rings. The lowest BCUT2D eigenvalue weighted by atomic mass is 10.00. The van der Waals surface area contributed by atoms with Crippen molar-refractivity contribution >= 4 is 23.2 Å². The summed E-state index contributed by atoms with van der Waals surface area (Å²) in [5.41, 5.74) is 5.34. The number of rotatable bonds is 8. The van der Waals surface area contributed by atoms with Gasteiger partial charge in [0.2, 0.25) is 11.8 Å². The summed E-state index contributed by atoms with van der Waals surface area (Å²) in [7, 11) is 0. The van der Waals surface area contributed by atoms with E-state index in [0.29, 0.717) is 13.1 Å². The third-order valence-corrected chi connectivity index (χ3v) is 6.56. The number of hydrogen-bond donors (Lipinski definition) is 2. The number of anilines is 2. The number of amides is 2. The monoisotopic (exact) mass is 474 g/mol. The molecule has 8 heteroatoms. The summed E-state index contributed by atoms with van der Waals surface area (Å²) >= 11 is 0. The van der Waals surface area contributed by atoms with E-state index in [4.69, 9.17) is 5.10 Å². The van der Waals surface area contributed by atoms with Gasteiger partial charge in [0.25, 0.3) is 0 Å². The Hall–Kier alpha value is -3.65. The maximum Gasteiger partial charge on any atom is 0.242 e. The molecule has 2 N–H and O–H groups in total. The molecule has 0 radical (unpaired) electrons. The second-order valence-corrected chi connectivity index (χ2v) is 8.76. The third kappa shape index (κ3) is 5.22. The van der Waals surface area contributed by atoms with E-state index < -0.39 is 6.04 Å². The van der Waals surface area contributed by atoms with Gasteiger partial charge in [0, 0.05) is 48.8 Å². The number of carbonyl (C=O) groups excluding carboxylic acids is 2. The molecule has 2 heterocycles. The van der Waals surface area contributed by atoms with Crippen LogP contribution in [-0.4, -0.2) is 59.2 Å². The second kappa shape index (κ2) is 10.7. The van der Waals surface area contributed by atoms with Crippen molar-refractivity contribution in [3.8, 4) is 5.69 Å². The minimum absolute atomic E-state index is 0.105. The zero-order valence-corrected chi connectivity index (χ0v) is 20.9. The van der Waals surface area contributed by atoms with E-state index in [9.17, 15) is 9.59 Å². The lowest BCUT2D eigenvalue weighted by molar-refractivity contribution is -0.130. The van der Waals surface area contributed by atoms with Crippen LogP contribution in [0.3, 0.4) is 0 Å². The molecule has 35 heavy (non-hydrogen) atoms. The summed E-state index contributed by atoms with van der Waals surface area (Å²) in [4.78, 5) is 30.2. The normalized spacial score (nSPS) is 16.1. The van der Waals surface area contributed by atoms with Gasteiger partial charge >= 0.3 is 0 Å². The van der Waals surface area contributed by atoms with Gasteiger partial charge in [-0.2, -0.15) is 5.10 Å². The first-order chi connectivity index (χ1) is 16.9. The van der Waals surface area contributed by atoms with Crippen molar-refractivity contribution in [3.05, 3.63) is 71.5 Å². The van der Waals surface area contributed by atoms with Gasteiger partial charge in [0.05, 0.1) is 17.9 Å². The second-order valence-electron chi connectivity index (χ2n) is 8.76. The number of nitrogens with zero attached hydrogens (tertiary/aromatic N) is 4. The van der Waals surface area contributed by atoms with Gasteiger partial charge < -0.3 is 15.5 Å². The lowest BCUT2D eigenvalue weighted by Crippen LogP contribution is -2.52. The van der Waals surface area contributed by atoms with E-state index in [2.05, 4.69) is 29.4 Å². The molecule has 1 aliphatic heterocycles. The Labute approximate surface area is 206 Å². The van der Waals surface area contributed by atoms with E-state index in [1.54, 1.807) is 0 Å². The fourth-order valence-electron chi connectivity index (χ4n) is 4.80. The van der Waals surface area contributed by atoms with E-state index >= 15 is 0 Å². The average Bonchev–Trinajstić information content (AvgIpc) is 3.15. The zero-order chi connectivity index (χ0) is 24.9. The number of para-hydroxylation sites is 1. The van der Waals surface area contributed by atoms with Crippen molar-refractivity contribution in [2.24, 2.45) is 0 Å². The fourth-order valence-corrected chi connectivity index (χ4v) is 4.80. The standard InChI is InChI=1S/C27H34N6O2/c1-5-31(6-2)22-14-12-21(13-15-22)29-24(34)18-32-17-16-28-27(35)26(32)25-19(3)30-33(20(25)4)23-10-8-7-9-11-23/h7-15,26H,5-6,16-18H2,1-4H3,(H,28,35)(H,29,34). The maximum atomic E-state index is 13.0. The Balaban J connectivity index is 1.52. The molecular formula is C27H34N6O2. The summed E-state index contributed by atoms with van der Waals surface area (Å²) in [6.45, 7) is 11.2. The molecule has 2 amide bonds. The van der Waals surface area contributed by atoms with Gasteiger partial charge in [-0.15, -0.1) is 0 Å². The highest BCUT2D eigenvalue weighted by molar-refractivity contribution is 5.93.